The van der Waals surface area contributed by atoms with Gasteiger partial charge in [-0.1, -0.05) is 51.1 Å². The quantitative estimate of drug-likeness (QED) is 0.433. The lowest BCUT2D eigenvalue weighted by Crippen LogP contribution is -2.48. The number of benzene rings is 2. The van der Waals surface area contributed by atoms with E-state index in [-0.39, 0.29) is 30.4 Å². The van der Waals surface area contributed by atoms with Crippen molar-refractivity contribution in [3.63, 3.8) is 0 Å². The Hall–Kier alpha value is -3.40. The lowest BCUT2D eigenvalue weighted by Gasteiger charge is -2.41. The Labute approximate surface area is 216 Å². The van der Waals surface area contributed by atoms with Crippen LogP contribution in [-0.2, 0) is 6.54 Å². The third-order valence-electron chi connectivity index (χ3n) is 5.99. The van der Waals surface area contributed by atoms with Crippen molar-refractivity contribution in [3.8, 4) is 11.4 Å². The van der Waals surface area contributed by atoms with E-state index >= 15 is 0 Å². The summed E-state index contributed by atoms with van der Waals surface area (Å²) in [6, 6.07) is 11.0. The van der Waals surface area contributed by atoms with Crippen LogP contribution >= 0.6 is 0 Å². The van der Waals surface area contributed by atoms with Crippen molar-refractivity contribution >= 4 is 6.03 Å². The van der Waals surface area contributed by atoms with Crippen LogP contribution in [0.3, 0.4) is 0 Å². The van der Waals surface area contributed by atoms with Gasteiger partial charge in [-0.25, -0.2) is 27.6 Å². The van der Waals surface area contributed by atoms with Gasteiger partial charge in [-0.15, -0.1) is 0 Å². The van der Waals surface area contributed by atoms with Crippen LogP contribution in [0.15, 0.2) is 48.5 Å². The highest BCUT2D eigenvalue weighted by molar-refractivity contribution is 5.74. The first-order valence-corrected chi connectivity index (χ1v) is 12.2. The van der Waals surface area contributed by atoms with E-state index in [1.807, 2.05) is 51.1 Å². The molecule has 0 spiro atoms. The monoisotopic (exact) mass is 516 g/mol. The minimum atomic E-state index is -0.725. The van der Waals surface area contributed by atoms with Crippen LogP contribution in [0.25, 0.3) is 11.4 Å². The van der Waals surface area contributed by atoms with Gasteiger partial charge in [0.05, 0.1) is 18.2 Å². The molecule has 0 aliphatic heterocycles. The number of halogens is 3. The molecule has 0 aliphatic rings. The fourth-order valence-electron chi connectivity index (χ4n) is 4.18. The molecule has 10 heteroatoms. The van der Waals surface area contributed by atoms with E-state index in [4.69, 9.17) is 5.73 Å². The maximum atomic E-state index is 14.7. The first-order chi connectivity index (χ1) is 17.4. The zero-order chi connectivity index (χ0) is 27.3. The van der Waals surface area contributed by atoms with Gasteiger partial charge in [0.25, 0.3) is 0 Å². The molecular weight excluding hydrogens is 481 g/mol. The third kappa shape index (κ3) is 6.88. The number of hydrogen-bond acceptors (Lipinski definition) is 4. The van der Waals surface area contributed by atoms with Crippen molar-refractivity contribution in [1.82, 2.24) is 24.6 Å². The molecule has 0 bridgehead atoms. The van der Waals surface area contributed by atoms with Crippen LogP contribution in [0, 0.1) is 17.0 Å². The van der Waals surface area contributed by atoms with Gasteiger partial charge in [0.2, 0.25) is 0 Å². The number of carbonyl (C=O) groups is 1. The van der Waals surface area contributed by atoms with Crippen molar-refractivity contribution in [2.24, 2.45) is 11.1 Å². The van der Waals surface area contributed by atoms with Gasteiger partial charge >= 0.3 is 6.03 Å². The normalized spacial score (nSPS) is 13.3. The Morgan fingerprint density at radius 3 is 2.38 bits per heavy atom. The van der Waals surface area contributed by atoms with Gasteiger partial charge in [-0.3, -0.25) is 0 Å². The Morgan fingerprint density at radius 1 is 1.11 bits per heavy atom. The molecule has 0 unspecified atom stereocenters. The zero-order valence-electron chi connectivity index (χ0n) is 22.0. The van der Waals surface area contributed by atoms with Crippen LogP contribution < -0.4 is 5.73 Å². The largest absolute Gasteiger partial charge is 0.331 e. The summed E-state index contributed by atoms with van der Waals surface area (Å²) < 4.78 is 43.6. The highest BCUT2D eigenvalue weighted by Gasteiger charge is 2.39. The van der Waals surface area contributed by atoms with E-state index in [1.54, 1.807) is 23.7 Å². The summed E-state index contributed by atoms with van der Waals surface area (Å²) in [5.41, 5.74) is 6.12. The number of nitrogens with two attached hydrogens (primary N) is 1. The summed E-state index contributed by atoms with van der Waals surface area (Å²) in [5.74, 6) is -0.865. The molecule has 0 saturated carbocycles. The van der Waals surface area contributed by atoms with E-state index in [9.17, 15) is 18.0 Å². The highest BCUT2D eigenvalue weighted by atomic mass is 19.1. The van der Waals surface area contributed by atoms with E-state index in [0.29, 0.717) is 12.4 Å². The Balaban J connectivity index is 2.21. The first-order valence-electron chi connectivity index (χ1n) is 12.2. The Bertz CT molecular complexity index is 1190. The van der Waals surface area contributed by atoms with Gasteiger partial charge < -0.3 is 15.5 Å². The molecule has 2 amide bonds. The number of hydrogen-bond donors (Lipinski definition) is 1. The minimum absolute atomic E-state index is 0.00916. The molecule has 1 aromatic heterocycles. The SMILES string of the molecule is CN(C)C(=O)N(CC[C@@H](N)CF)[C@@H](c1nc(-c2cc(F)ccc2F)nn1Cc1ccccc1)C(C)(C)C. The lowest BCUT2D eigenvalue weighted by atomic mass is 9.84. The zero-order valence-corrected chi connectivity index (χ0v) is 22.0. The van der Waals surface area contributed by atoms with E-state index in [0.717, 1.165) is 23.8 Å². The fraction of sp³-hybridized carbons (Fsp3) is 0.444. The van der Waals surface area contributed by atoms with E-state index in [2.05, 4.69) is 10.1 Å². The molecule has 2 N–H and O–H groups in total. The molecule has 0 saturated heterocycles. The summed E-state index contributed by atoms with van der Waals surface area (Å²) in [6.45, 7) is 5.61. The van der Waals surface area contributed by atoms with Gasteiger partial charge in [0.1, 0.15) is 18.3 Å². The van der Waals surface area contributed by atoms with Gasteiger partial charge in [0, 0.05) is 26.7 Å². The number of rotatable bonds is 9. The minimum Gasteiger partial charge on any atom is -0.331 e. The van der Waals surface area contributed by atoms with E-state index < -0.39 is 35.8 Å². The molecule has 3 rings (SSSR count). The second-order valence-corrected chi connectivity index (χ2v) is 10.4. The van der Waals surface area contributed by atoms with Crippen LogP contribution in [0.4, 0.5) is 18.0 Å². The maximum Gasteiger partial charge on any atom is 0.320 e. The molecule has 3 aromatic rings. The fourth-order valence-corrected chi connectivity index (χ4v) is 4.18. The van der Waals surface area contributed by atoms with Crippen molar-refractivity contribution in [2.75, 3.05) is 27.3 Å². The second-order valence-electron chi connectivity index (χ2n) is 10.4. The average Bonchev–Trinajstić information content (AvgIpc) is 3.24. The molecule has 200 valence electrons. The van der Waals surface area contributed by atoms with Crippen molar-refractivity contribution in [3.05, 3.63) is 71.6 Å². The predicted octanol–water partition coefficient (Wildman–Crippen LogP) is 5.03. The van der Waals surface area contributed by atoms with Gasteiger partial charge in [-0.05, 0) is 35.6 Å². The Kier molecular flexibility index (Phi) is 8.96. The molecule has 37 heavy (non-hydrogen) atoms. The number of alkyl halides is 1. The summed E-state index contributed by atoms with van der Waals surface area (Å²) in [6.07, 6.45) is 0.237. The summed E-state index contributed by atoms with van der Waals surface area (Å²) in [5, 5.41) is 4.57. The van der Waals surface area contributed by atoms with Crippen LogP contribution in [0.2, 0.25) is 0 Å². The molecule has 7 nitrogen and oxygen atoms in total. The van der Waals surface area contributed by atoms with Crippen molar-refractivity contribution < 1.29 is 18.0 Å². The third-order valence-corrected chi connectivity index (χ3v) is 5.99. The van der Waals surface area contributed by atoms with Crippen LogP contribution in [0.1, 0.15) is 44.6 Å². The van der Waals surface area contributed by atoms with Crippen LogP contribution in [0.5, 0.6) is 0 Å². The van der Waals surface area contributed by atoms with Gasteiger partial charge in [0.15, 0.2) is 11.6 Å². The summed E-state index contributed by atoms with van der Waals surface area (Å²) >= 11 is 0. The molecule has 2 atom stereocenters. The Morgan fingerprint density at radius 2 is 1.78 bits per heavy atom. The average molecular weight is 517 g/mol. The molecule has 2 aromatic carbocycles. The van der Waals surface area contributed by atoms with Crippen molar-refractivity contribution in [1.29, 1.82) is 0 Å². The van der Waals surface area contributed by atoms with Crippen molar-refractivity contribution in [2.45, 2.75) is 45.8 Å². The summed E-state index contributed by atoms with van der Waals surface area (Å²) in [4.78, 5) is 21.1. The predicted molar refractivity (Wildman–Crippen MR) is 137 cm³/mol. The number of nitrogens with zero attached hydrogens (tertiary/aromatic N) is 5. The van der Waals surface area contributed by atoms with Crippen LogP contribution in [-0.4, -0.2) is 64.0 Å². The highest BCUT2D eigenvalue weighted by Crippen LogP contribution is 2.39. The molecular formula is C27H35F3N6O. The topological polar surface area (TPSA) is 80.3 Å². The standard InChI is InChI=1S/C27H35F3N6O/c1-27(2,3)23(35(26(37)34(4)5)14-13-20(31)16-28)25-32-24(21-15-19(29)11-12-22(21)30)33-36(25)17-18-9-7-6-8-10-18/h6-12,15,20,23H,13-14,16-17,31H2,1-5H3/t20-,23+/m1/s1. The first kappa shape index (κ1) is 28.2. The second kappa shape index (κ2) is 11.8. The van der Waals surface area contributed by atoms with Gasteiger partial charge in [-0.2, -0.15) is 5.10 Å². The molecule has 0 fully saturated rings. The molecule has 0 radical (unpaired) electrons. The summed E-state index contributed by atoms with van der Waals surface area (Å²) in [7, 11) is 3.26. The molecule has 1 heterocycles. The number of amides is 2. The lowest BCUT2D eigenvalue weighted by molar-refractivity contribution is 0.0892. The number of carbonyl (C=O) groups excluding carboxylic acids is 1. The maximum absolute atomic E-state index is 14.7. The van der Waals surface area contributed by atoms with E-state index in [1.165, 1.54) is 4.90 Å². The molecule has 0 aliphatic carbocycles. The smallest absolute Gasteiger partial charge is 0.320 e. The number of urea groups is 1. The number of aromatic nitrogens is 3.